The van der Waals surface area contributed by atoms with Crippen LogP contribution in [0, 0.1) is 0 Å². The Morgan fingerprint density at radius 1 is 0.508 bits per heavy atom. The fourth-order valence-electron chi connectivity index (χ4n) is 6.54. The maximum atomic E-state index is 11.3. The van der Waals surface area contributed by atoms with E-state index in [1.807, 2.05) is 123 Å². The van der Waals surface area contributed by atoms with E-state index in [9.17, 15) is 19.8 Å². The first-order valence-corrected chi connectivity index (χ1v) is 20.4. The molecule has 322 valence electrons. The van der Waals surface area contributed by atoms with Crippen LogP contribution in [0.25, 0.3) is 53.7 Å². The molecule has 0 saturated carbocycles. The molecule has 9 nitrogen and oxygen atoms in total. The van der Waals surface area contributed by atoms with Crippen molar-refractivity contribution in [3.05, 3.63) is 131 Å². The Labute approximate surface area is 391 Å². The summed E-state index contributed by atoms with van der Waals surface area (Å²) in [5, 5.41) is 37.8. The zero-order chi connectivity index (χ0) is 43.5. The number of aromatic carboxylic acids is 2. The topological polar surface area (TPSA) is 142 Å². The number of carboxylic acid groups (broad SMARTS) is 2. The van der Waals surface area contributed by atoms with Crippen LogP contribution in [-0.4, -0.2) is 61.0 Å². The van der Waals surface area contributed by atoms with E-state index in [4.69, 9.17) is 4.74 Å². The van der Waals surface area contributed by atoms with Crippen LogP contribution in [0.15, 0.2) is 119 Å². The Balaban J connectivity index is 0.000000398. The molecule has 0 aliphatic carbocycles. The predicted molar refractivity (Wildman–Crippen MR) is 245 cm³/mol. The SMILES string of the molecule is C1CCOC1.CC(=NC(C)C)[N-]C(C)C.CC(=NC(C)C)[N-]C(C)C.O=C([O-])c1c2ccccc2cc2ccccc12.O=C([O-])c1c2ccccc2cc2ccccc12.[Mo+2].[Mo+2]. The molecule has 1 fully saturated rings. The first kappa shape index (κ1) is 54.6. The van der Waals surface area contributed by atoms with E-state index in [0.717, 1.165) is 68.0 Å². The normalized spacial score (nSPS) is 12.2. The summed E-state index contributed by atoms with van der Waals surface area (Å²) in [6.45, 7) is 22.3. The summed E-state index contributed by atoms with van der Waals surface area (Å²) in [5.41, 5.74) is 0.553. The second-order valence-electron chi connectivity index (χ2n) is 15.3. The molecule has 11 heteroatoms. The molecule has 6 aromatic rings. The number of nitrogens with zero attached hydrogens (tertiary/aromatic N) is 4. The van der Waals surface area contributed by atoms with Crippen molar-refractivity contribution in [3.63, 3.8) is 0 Å². The van der Waals surface area contributed by atoms with Gasteiger partial charge < -0.3 is 45.2 Å². The Morgan fingerprint density at radius 3 is 0.967 bits per heavy atom. The number of rotatable bonds is 6. The number of carbonyl (C=O) groups excluding carboxylic acids is 2. The van der Waals surface area contributed by atoms with Crippen molar-refractivity contribution in [1.82, 2.24) is 0 Å². The van der Waals surface area contributed by atoms with Gasteiger partial charge in [-0.3, -0.25) is 0 Å². The molecule has 0 bridgehead atoms. The quantitative estimate of drug-likeness (QED) is 0.0707. The second kappa shape index (κ2) is 28.2. The molecule has 61 heavy (non-hydrogen) atoms. The van der Waals surface area contributed by atoms with Gasteiger partial charge in [-0.1, -0.05) is 164 Å². The molecule has 0 radical (unpaired) electrons. The monoisotopic (exact) mass is 992 g/mol. The number of aliphatic imine (C=N–C) groups is 2. The Morgan fingerprint density at radius 2 is 0.770 bits per heavy atom. The van der Waals surface area contributed by atoms with Crippen molar-refractivity contribution in [1.29, 1.82) is 0 Å². The summed E-state index contributed by atoms with van der Waals surface area (Å²) >= 11 is 0. The third-order valence-electron chi connectivity index (χ3n) is 8.56. The minimum atomic E-state index is -1.13. The largest absolute Gasteiger partial charge is 2.00 e. The summed E-state index contributed by atoms with van der Waals surface area (Å²) in [4.78, 5) is 31.2. The standard InChI is InChI=1S/2C15H10O2.2C8H17N2.C4H8O.2Mo/c2*16-15(17)14-12-7-3-1-5-10(12)9-11-6-2-4-8-13(11)14;2*1-6(2)9-8(5)10-7(3)4;1-2-4-5-3-1;;/h2*1-9H,(H,16,17);2*6-7H,1-5H3;1-4H2;;/q;;2*-1;;2*+2/p-2. The average Bonchev–Trinajstić information content (AvgIpc) is 3.76. The van der Waals surface area contributed by atoms with Gasteiger partial charge in [0.25, 0.3) is 0 Å². The molecule has 0 N–H and O–H groups in total. The number of benzene rings is 6. The van der Waals surface area contributed by atoms with Gasteiger partial charge in [0.1, 0.15) is 0 Å². The van der Waals surface area contributed by atoms with Gasteiger partial charge >= 0.3 is 42.1 Å². The zero-order valence-electron chi connectivity index (χ0n) is 37.2. The maximum absolute atomic E-state index is 11.3. The molecule has 0 amide bonds. The van der Waals surface area contributed by atoms with Gasteiger partial charge in [0.2, 0.25) is 0 Å². The number of carboxylic acids is 2. The minimum Gasteiger partial charge on any atom is -0.545 e. The Kier molecular flexibility index (Phi) is 25.3. The molecule has 1 aliphatic rings. The van der Waals surface area contributed by atoms with Crippen LogP contribution < -0.4 is 10.2 Å². The molecule has 0 spiro atoms. The van der Waals surface area contributed by atoms with Crippen LogP contribution >= 0.6 is 0 Å². The average molecular weight is 989 g/mol. The fourth-order valence-corrected chi connectivity index (χ4v) is 6.54. The molecule has 0 unspecified atom stereocenters. The van der Waals surface area contributed by atoms with Gasteiger partial charge in [0.15, 0.2) is 0 Å². The Hall–Kier alpha value is -4.42. The van der Waals surface area contributed by atoms with E-state index in [1.54, 1.807) is 0 Å². The molecule has 0 atom stereocenters. The third-order valence-corrected chi connectivity index (χ3v) is 8.56. The van der Waals surface area contributed by atoms with Crippen LogP contribution in [0.3, 0.4) is 0 Å². The zero-order valence-corrected chi connectivity index (χ0v) is 41.2. The van der Waals surface area contributed by atoms with E-state index in [0.29, 0.717) is 24.2 Å². The summed E-state index contributed by atoms with van der Waals surface area (Å²) in [5.74, 6) is -0.439. The van der Waals surface area contributed by atoms with Crippen LogP contribution in [0.4, 0.5) is 0 Å². The van der Waals surface area contributed by atoms with E-state index in [2.05, 4.69) is 76.0 Å². The van der Waals surface area contributed by atoms with Crippen molar-refractivity contribution >= 4 is 66.7 Å². The van der Waals surface area contributed by atoms with Crippen LogP contribution in [0.2, 0.25) is 0 Å². The number of fused-ring (bicyclic) bond motifs is 4. The number of carbonyl (C=O) groups is 2. The third kappa shape index (κ3) is 18.6. The molecule has 1 heterocycles. The van der Waals surface area contributed by atoms with Crippen LogP contribution in [0.1, 0.15) is 103 Å². The molecular formula is C50H60Mo2N4O5. The summed E-state index contributed by atoms with van der Waals surface area (Å²) in [6, 6.07) is 35.3. The summed E-state index contributed by atoms with van der Waals surface area (Å²) in [7, 11) is 0. The molecule has 7 rings (SSSR count). The first-order chi connectivity index (χ1) is 28.1. The molecule has 6 aromatic carbocycles. The Bertz CT molecular complexity index is 2060. The van der Waals surface area contributed by atoms with Crippen LogP contribution in [0.5, 0.6) is 0 Å². The number of hydrogen-bond donors (Lipinski definition) is 0. The van der Waals surface area contributed by atoms with Crippen molar-refractivity contribution < 1.29 is 66.7 Å². The smallest absolute Gasteiger partial charge is 0.545 e. The van der Waals surface area contributed by atoms with Gasteiger partial charge in [-0.15, -0.1) is 0 Å². The first-order valence-electron chi connectivity index (χ1n) is 20.4. The van der Waals surface area contributed by atoms with Gasteiger partial charge in [-0.25, -0.2) is 0 Å². The van der Waals surface area contributed by atoms with Gasteiger partial charge in [-0.2, -0.15) is 0 Å². The van der Waals surface area contributed by atoms with E-state index in [1.165, 1.54) is 12.8 Å². The number of hydrogen-bond acceptors (Lipinski definition) is 7. The molecular weight excluding hydrogens is 928 g/mol. The van der Waals surface area contributed by atoms with Crippen molar-refractivity contribution in [3.8, 4) is 0 Å². The van der Waals surface area contributed by atoms with Gasteiger partial charge in [0, 0.05) is 24.3 Å². The van der Waals surface area contributed by atoms with Crippen molar-refractivity contribution in [2.75, 3.05) is 13.2 Å². The maximum Gasteiger partial charge on any atom is 2.00 e. The van der Waals surface area contributed by atoms with Crippen molar-refractivity contribution in [2.45, 2.75) is 106 Å². The number of amidine groups is 2. The second-order valence-corrected chi connectivity index (χ2v) is 15.3. The van der Waals surface area contributed by atoms with Crippen LogP contribution in [-0.2, 0) is 46.9 Å². The number of ether oxygens (including phenoxy) is 1. The van der Waals surface area contributed by atoms with Crippen molar-refractivity contribution in [2.24, 2.45) is 9.98 Å². The molecule has 1 aliphatic heterocycles. The van der Waals surface area contributed by atoms with E-state index < -0.39 is 11.9 Å². The summed E-state index contributed by atoms with van der Waals surface area (Å²) < 4.78 is 4.94. The molecule has 0 aromatic heterocycles. The fraction of sp³-hybridized carbons (Fsp3) is 0.360. The van der Waals surface area contributed by atoms with Gasteiger partial charge in [-0.05, 0) is 106 Å². The summed E-state index contributed by atoms with van der Waals surface area (Å²) in [6.07, 6.45) is 2.56. The van der Waals surface area contributed by atoms with Gasteiger partial charge in [0.05, 0.1) is 11.9 Å². The minimum absolute atomic E-state index is 0. The predicted octanol–water partition coefficient (Wildman–Crippen LogP) is 10.7. The van der Waals surface area contributed by atoms with E-state index in [-0.39, 0.29) is 53.3 Å². The molecule has 1 saturated heterocycles. The van der Waals surface area contributed by atoms with E-state index >= 15 is 0 Å².